The number of nitrogens with two attached hydrogens (primary N) is 2. The summed E-state index contributed by atoms with van der Waals surface area (Å²) in [5, 5.41) is 0.453. The van der Waals surface area contributed by atoms with Crippen molar-refractivity contribution in [3.8, 4) is 0 Å². The Kier molecular flexibility index (Phi) is 3.03. The molecule has 0 aliphatic rings. The molecule has 4 heteroatoms. The van der Waals surface area contributed by atoms with E-state index in [1.807, 2.05) is 0 Å². The van der Waals surface area contributed by atoms with E-state index >= 15 is 0 Å². The molecule has 4 N–H and O–H groups in total. The second kappa shape index (κ2) is 3.85. The summed E-state index contributed by atoms with van der Waals surface area (Å²) in [6.45, 7) is 0.253. The molecule has 0 unspecified atom stereocenters. The molecule has 0 saturated heterocycles. The van der Waals surface area contributed by atoms with Gasteiger partial charge in [0.25, 0.3) is 0 Å². The Morgan fingerprint density at radius 3 is 2.75 bits per heavy atom. The number of benzene rings is 1. The van der Waals surface area contributed by atoms with Gasteiger partial charge in [0, 0.05) is 17.6 Å². The smallest absolute Gasteiger partial charge is 0.123 e. The van der Waals surface area contributed by atoms with Crippen LogP contribution in [0.5, 0.6) is 0 Å². The van der Waals surface area contributed by atoms with Gasteiger partial charge in [0.2, 0.25) is 0 Å². The van der Waals surface area contributed by atoms with Gasteiger partial charge in [0.15, 0.2) is 0 Å². The Morgan fingerprint density at radius 1 is 1.50 bits per heavy atom. The highest BCUT2D eigenvalue weighted by molar-refractivity contribution is 6.31. The molecule has 0 aliphatic carbocycles. The summed E-state index contributed by atoms with van der Waals surface area (Å²) in [6.07, 6.45) is 0. The highest BCUT2D eigenvalue weighted by atomic mass is 35.5. The van der Waals surface area contributed by atoms with E-state index in [-0.39, 0.29) is 12.4 Å². The molecule has 0 bridgehead atoms. The SMILES string of the molecule is NC[C@H](N)c1cc(F)ccc1Cl. The maximum atomic E-state index is 12.7. The van der Waals surface area contributed by atoms with Gasteiger partial charge in [0.1, 0.15) is 5.82 Å². The topological polar surface area (TPSA) is 52.0 Å². The van der Waals surface area contributed by atoms with Gasteiger partial charge in [-0.1, -0.05) is 11.6 Å². The fourth-order valence-corrected chi connectivity index (χ4v) is 1.18. The van der Waals surface area contributed by atoms with Crippen molar-refractivity contribution >= 4 is 11.6 Å². The number of rotatable bonds is 2. The predicted octanol–water partition coefficient (Wildman–Crippen LogP) is 1.44. The van der Waals surface area contributed by atoms with Crippen LogP contribution >= 0.6 is 11.6 Å². The molecule has 0 aliphatic heterocycles. The highest BCUT2D eigenvalue weighted by Gasteiger charge is 2.08. The maximum Gasteiger partial charge on any atom is 0.123 e. The first kappa shape index (κ1) is 9.45. The van der Waals surface area contributed by atoms with Gasteiger partial charge in [-0.3, -0.25) is 0 Å². The molecule has 0 heterocycles. The van der Waals surface area contributed by atoms with Gasteiger partial charge in [-0.15, -0.1) is 0 Å². The second-order valence-electron chi connectivity index (χ2n) is 2.51. The maximum absolute atomic E-state index is 12.7. The molecule has 0 amide bonds. The van der Waals surface area contributed by atoms with Crippen LogP contribution < -0.4 is 11.5 Å². The molecule has 1 rings (SSSR count). The van der Waals surface area contributed by atoms with E-state index in [0.717, 1.165) is 0 Å². The van der Waals surface area contributed by atoms with Crippen LogP contribution in [0.1, 0.15) is 11.6 Å². The van der Waals surface area contributed by atoms with Gasteiger partial charge < -0.3 is 11.5 Å². The fourth-order valence-electron chi connectivity index (χ4n) is 0.926. The predicted molar refractivity (Wildman–Crippen MR) is 47.4 cm³/mol. The number of hydrogen-bond donors (Lipinski definition) is 2. The zero-order valence-corrected chi connectivity index (χ0v) is 7.18. The molecule has 2 nitrogen and oxygen atoms in total. The van der Waals surface area contributed by atoms with Crippen LogP contribution in [-0.2, 0) is 0 Å². The Morgan fingerprint density at radius 2 is 2.17 bits per heavy atom. The van der Waals surface area contributed by atoms with E-state index in [9.17, 15) is 4.39 Å². The molecular weight excluding hydrogens is 179 g/mol. The Bertz CT molecular complexity index is 278. The summed E-state index contributed by atoms with van der Waals surface area (Å²) < 4.78 is 12.7. The molecule has 1 aromatic rings. The van der Waals surface area contributed by atoms with Crippen molar-refractivity contribution in [2.75, 3.05) is 6.54 Å². The molecule has 0 fully saturated rings. The van der Waals surface area contributed by atoms with Crippen molar-refractivity contribution in [1.82, 2.24) is 0 Å². The van der Waals surface area contributed by atoms with E-state index in [2.05, 4.69) is 0 Å². The van der Waals surface area contributed by atoms with Gasteiger partial charge in [-0.2, -0.15) is 0 Å². The van der Waals surface area contributed by atoms with E-state index in [0.29, 0.717) is 10.6 Å². The lowest BCUT2D eigenvalue weighted by molar-refractivity contribution is 0.620. The standard InChI is InChI=1S/C8H10ClFN2/c9-7-2-1-5(10)3-6(7)8(12)4-11/h1-3,8H,4,11-12H2/t8-/m0/s1. The first-order chi connectivity index (χ1) is 5.65. The van der Waals surface area contributed by atoms with Gasteiger partial charge in [-0.05, 0) is 23.8 Å². The Hall–Kier alpha value is -0.640. The Balaban J connectivity index is 3.04. The lowest BCUT2D eigenvalue weighted by Gasteiger charge is -2.10. The van der Waals surface area contributed by atoms with Gasteiger partial charge in [-0.25, -0.2) is 4.39 Å². The van der Waals surface area contributed by atoms with Crippen LogP contribution in [0.15, 0.2) is 18.2 Å². The summed E-state index contributed by atoms with van der Waals surface area (Å²) in [6, 6.07) is 3.67. The zero-order valence-electron chi connectivity index (χ0n) is 6.43. The summed E-state index contributed by atoms with van der Waals surface area (Å²) in [7, 11) is 0. The van der Waals surface area contributed by atoms with E-state index < -0.39 is 6.04 Å². The third kappa shape index (κ3) is 1.94. The summed E-state index contributed by atoms with van der Waals surface area (Å²) in [5.41, 5.74) is 11.5. The first-order valence-corrected chi connectivity index (χ1v) is 3.93. The van der Waals surface area contributed by atoms with Crippen molar-refractivity contribution < 1.29 is 4.39 Å². The first-order valence-electron chi connectivity index (χ1n) is 3.55. The minimum absolute atomic E-state index is 0.253. The molecular formula is C8H10ClFN2. The minimum Gasteiger partial charge on any atom is -0.329 e. The normalized spacial score (nSPS) is 13.0. The molecule has 0 saturated carbocycles. The van der Waals surface area contributed by atoms with E-state index in [1.165, 1.54) is 18.2 Å². The van der Waals surface area contributed by atoms with Crippen molar-refractivity contribution in [2.45, 2.75) is 6.04 Å². The van der Waals surface area contributed by atoms with Crippen molar-refractivity contribution in [3.63, 3.8) is 0 Å². The number of halogens is 2. The molecule has 0 spiro atoms. The number of hydrogen-bond acceptors (Lipinski definition) is 2. The second-order valence-corrected chi connectivity index (χ2v) is 2.92. The molecule has 66 valence electrons. The van der Waals surface area contributed by atoms with Crippen LogP contribution in [0.3, 0.4) is 0 Å². The van der Waals surface area contributed by atoms with Crippen LogP contribution in [-0.4, -0.2) is 6.54 Å². The highest BCUT2D eigenvalue weighted by Crippen LogP contribution is 2.21. The average Bonchev–Trinajstić information content (AvgIpc) is 2.08. The fraction of sp³-hybridized carbons (Fsp3) is 0.250. The van der Waals surface area contributed by atoms with Crippen LogP contribution in [0.4, 0.5) is 4.39 Å². The van der Waals surface area contributed by atoms with Crippen molar-refractivity contribution in [3.05, 3.63) is 34.6 Å². The molecule has 1 atom stereocenters. The van der Waals surface area contributed by atoms with E-state index in [4.69, 9.17) is 23.1 Å². The lowest BCUT2D eigenvalue weighted by Crippen LogP contribution is -2.21. The summed E-state index contributed by atoms with van der Waals surface area (Å²) >= 11 is 5.77. The van der Waals surface area contributed by atoms with E-state index in [1.54, 1.807) is 0 Å². The quantitative estimate of drug-likeness (QED) is 0.738. The van der Waals surface area contributed by atoms with Gasteiger partial charge >= 0.3 is 0 Å². The van der Waals surface area contributed by atoms with Crippen molar-refractivity contribution in [1.29, 1.82) is 0 Å². The third-order valence-electron chi connectivity index (χ3n) is 1.61. The van der Waals surface area contributed by atoms with Crippen LogP contribution in [0, 0.1) is 5.82 Å². The molecule has 0 radical (unpaired) electrons. The monoisotopic (exact) mass is 188 g/mol. The molecule has 12 heavy (non-hydrogen) atoms. The summed E-state index contributed by atoms with van der Waals surface area (Å²) in [4.78, 5) is 0. The van der Waals surface area contributed by atoms with Crippen molar-refractivity contribution in [2.24, 2.45) is 11.5 Å². The summed E-state index contributed by atoms with van der Waals surface area (Å²) in [5.74, 6) is -0.349. The molecule has 1 aromatic carbocycles. The zero-order chi connectivity index (χ0) is 9.14. The van der Waals surface area contributed by atoms with Gasteiger partial charge in [0.05, 0.1) is 0 Å². The Labute approximate surface area is 75.3 Å². The minimum atomic E-state index is -0.395. The largest absolute Gasteiger partial charge is 0.329 e. The van der Waals surface area contributed by atoms with Crippen LogP contribution in [0.25, 0.3) is 0 Å². The third-order valence-corrected chi connectivity index (χ3v) is 1.96. The average molecular weight is 189 g/mol. The lowest BCUT2D eigenvalue weighted by atomic mass is 10.1. The van der Waals surface area contributed by atoms with Crippen LogP contribution in [0.2, 0.25) is 5.02 Å². The molecule has 0 aromatic heterocycles.